The van der Waals surface area contributed by atoms with Gasteiger partial charge < -0.3 is 19.7 Å². The predicted molar refractivity (Wildman–Crippen MR) is 97.2 cm³/mol. The lowest BCUT2D eigenvalue weighted by Gasteiger charge is -2.38. The molecule has 0 saturated heterocycles. The number of ether oxygens (including phenoxy) is 1. The van der Waals surface area contributed by atoms with Gasteiger partial charge in [0.2, 0.25) is 6.41 Å². The number of aromatic nitrogens is 1. The van der Waals surface area contributed by atoms with Gasteiger partial charge in [0, 0.05) is 24.2 Å². The molecule has 146 valence electrons. The number of ketones is 1. The Hall–Kier alpha value is -2.15. The molecule has 0 aliphatic rings. The standard InChI is InChI=1S/C19H30N2O5/c1-12(2)16(18(25)26-6)21(11-22)17(13-7-8-20-10-13)14(23)9-15(24)19(3,4)5/h7-8,10-12,14,16-17,20,23H,9H2,1-6H3/t14?,16-,17?/m0/s1. The number of methoxy groups -OCH3 is 1. The van der Waals surface area contributed by atoms with E-state index in [0.717, 1.165) is 0 Å². The van der Waals surface area contributed by atoms with Crippen molar-refractivity contribution in [3.8, 4) is 0 Å². The number of carbonyl (C=O) groups is 3. The zero-order valence-corrected chi connectivity index (χ0v) is 16.4. The van der Waals surface area contributed by atoms with E-state index in [0.29, 0.717) is 12.0 Å². The Balaban J connectivity index is 3.29. The second kappa shape index (κ2) is 8.98. The van der Waals surface area contributed by atoms with E-state index >= 15 is 0 Å². The summed E-state index contributed by atoms with van der Waals surface area (Å²) >= 11 is 0. The summed E-state index contributed by atoms with van der Waals surface area (Å²) < 4.78 is 4.84. The van der Waals surface area contributed by atoms with Gasteiger partial charge in [-0.3, -0.25) is 9.59 Å². The molecule has 0 spiro atoms. The first-order chi connectivity index (χ1) is 12.0. The quantitative estimate of drug-likeness (QED) is 0.515. The zero-order valence-electron chi connectivity index (χ0n) is 16.4. The smallest absolute Gasteiger partial charge is 0.328 e. The van der Waals surface area contributed by atoms with Gasteiger partial charge in [0.1, 0.15) is 11.8 Å². The number of aromatic amines is 1. The fourth-order valence-corrected chi connectivity index (χ4v) is 2.88. The van der Waals surface area contributed by atoms with Gasteiger partial charge >= 0.3 is 5.97 Å². The Morgan fingerprint density at radius 3 is 2.35 bits per heavy atom. The van der Waals surface area contributed by atoms with Crippen molar-refractivity contribution >= 4 is 18.2 Å². The first-order valence-electron chi connectivity index (χ1n) is 8.69. The second-order valence-corrected chi connectivity index (χ2v) is 7.80. The number of rotatable bonds is 9. The molecule has 0 fully saturated rings. The number of aliphatic hydroxyl groups excluding tert-OH is 1. The Morgan fingerprint density at radius 1 is 1.35 bits per heavy atom. The number of H-pyrrole nitrogens is 1. The van der Waals surface area contributed by atoms with Gasteiger partial charge in [-0.25, -0.2) is 4.79 Å². The van der Waals surface area contributed by atoms with Crippen LogP contribution in [-0.2, 0) is 19.1 Å². The highest BCUT2D eigenvalue weighted by Crippen LogP contribution is 2.31. The molecule has 3 atom stereocenters. The largest absolute Gasteiger partial charge is 0.467 e. The molecule has 0 aliphatic heterocycles. The molecule has 1 heterocycles. The third-order valence-electron chi connectivity index (χ3n) is 4.40. The summed E-state index contributed by atoms with van der Waals surface area (Å²) in [6.45, 7) is 8.90. The summed E-state index contributed by atoms with van der Waals surface area (Å²) in [5, 5.41) is 10.8. The van der Waals surface area contributed by atoms with Crippen LogP contribution >= 0.6 is 0 Å². The molecule has 2 N–H and O–H groups in total. The number of amides is 1. The number of carbonyl (C=O) groups excluding carboxylic acids is 3. The van der Waals surface area contributed by atoms with Gasteiger partial charge in [-0.1, -0.05) is 34.6 Å². The van der Waals surface area contributed by atoms with Crippen LogP contribution in [0.4, 0.5) is 0 Å². The maximum absolute atomic E-state index is 12.4. The van der Waals surface area contributed by atoms with Crippen LogP contribution in [0.5, 0.6) is 0 Å². The van der Waals surface area contributed by atoms with Crippen LogP contribution in [-0.4, -0.2) is 52.4 Å². The molecule has 1 aromatic rings. The number of nitrogens with one attached hydrogen (secondary N) is 1. The van der Waals surface area contributed by atoms with E-state index in [1.165, 1.54) is 12.0 Å². The molecule has 7 heteroatoms. The summed E-state index contributed by atoms with van der Waals surface area (Å²) in [5.74, 6) is -0.933. The van der Waals surface area contributed by atoms with Crippen molar-refractivity contribution in [3.05, 3.63) is 24.0 Å². The molecular weight excluding hydrogens is 336 g/mol. The fraction of sp³-hybridized carbons (Fsp3) is 0.632. The molecule has 0 saturated carbocycles. The van der Waals surface area contributed by atoms with Crippen molar-refractivity contribution in [2.45, 2.75) is 59.2 Å². The van der Waals surface area contributed by atoms with E-state index in [9.17, 15) is 19.5 Å². The zero-order chi connectivity index (χ0) is 20.1. The second-order valence-electron chi connectivity index (χ2n) is 7.80. The summed E-state index contributed by atoms with van der Waals surface area (Å²) in [6, 6.07) is -0.0194. The summed E-state index contributed by atoms with van der Waals surface area (Å²) in [6.07, 6.45) is 2.54. The number of hydrogen-bond donors (Lipinski definition) is 2. The molecule has 0 aliphatic carbocycles. The molecule has 1 aromatic heterocycles. The lowest BCUT2D eigenvalue weighted by Crippen LogP contribution is -2.50. The number of esters is 1. The Kier molecular flexibility index (Phi) is 7.56. The Bertz CT molecular complexity index is 604. The van der Waals surface area contributed by atoms with E-state index in [-0.39, 0.29) is 18.1 Å². The topological polar surface area (TPSA) is 99.7 Å². The highest BCUT2D eigenvalue weighted by Gasteiger charge is 2.39. The van der Waals surface area contributed by atoms with E-state index in [4.69, 9.17) is 4.74 Å². The highest BCUT2D eigenvalue weighted by atomic mass is 16.5. The number of hydrogen-bond acceptors (Lipinski definition) is 5. The lowest BCUT2D eigenvalue weighted by molar-refractivity contribution is -0.155. The van der Waals surface area contributed by atoms with E-state index in [1.54, 1.807) is 53.1 Å². The predicted octanol–water partition coefficient (Wildman–Crippen LogP) is 2.08. The van der Waals surface area contributed by atoms with Gasteiger partial charge in [-0.2, -0.15) is 0 Å². The number of nitrogens with zero attached hydrogens (tertiary/aromatic N) is 1. The Morgan fingerprint density at radius 2 is 1.96 bits per heavy atom. The van der Waals surface area contributed by atoms with Gasteiger partial charge in [-0.15, -0.1) is 0 Å². The van der Waals surface area contributed by atoms with Crippen LogP contribution in [0.15, 0.2) is 18.5 Å². The molecule has 1 rings (SSSR count). The molecule has 7 nitrogen and oxygen atoms in total. The van der Waals surface area contributed by atoms with Crippen molar-refractivity contribution in [2.24, 2.45) is 11.3 Å². The minimum absolute atomic E-state index is 0.129. The van der Waals surface area contributed by atoms with Crippen LogP contribution in [0.1, 0.15) is 52.6 Å². The van der Waals surface area contributed by atoms with E-state index < -0.39 is 29.6 Å². The van der Waals surface area contributed by atoms with Crippen molar-refractivity contribution in [3.63, 3.8) is 0 Å². The minimum Gasteiger partial charge on any atom is -0.467 e. The van der Waals surface area contributed by atoms with Gasteiger partial charge in [-0.05, 0) is 17.5 Å². The van der Waals surface area contributed by atoms with Crippen molar-refractivity contribution in [1.29, 1.82) is 0 Å². The van der Waals surface area contributed by atoms with Crippen molar-refractivity contribution < 1.29 is 24.2 Å². The average Bonchev–Trinajstić information content (AvgIpc) is 3.06. The summed E-state index contributed by atoms with van der Waals surface area (Å²) in [7, 11) is 1.26. The SMILES string of the molecule is COC(=O)[C@H](C(C)C)N(C=O)C(c1cc[nH]c1)C(O)CC(=O)C(C)(C)C. The van der Waals surface area contributed by atoms with Gasteiger partial charge in [0.25, 0.3) is 0 Å². The van der Waals surface area contributed by atoms with Crippen LogP contribution in [0.25, 0.3) is 0 Å². The third kappa shape index (κ3) is 5.17. The molecule has 0 bridgehead atoms. The summed E-state index contributed by atoms with van der Waals surface area (Å²) in [4.78, 5) is 40.7. The lowest BCUT2D eigenvalue weighted by atomic mass is 9.85. The summed E-state index contributed by atoms with van der Waals surface area (Å²) in [5.41, 5.74) is -0.00368. The molecule has 0 radical (unpaired) electrons. The van der Waals surface area contributed by atoms with E-state index in [2.05, 4.69) is 4.98 Å². The first-order valence-corrected chi connectivity index (χ1v) is 8.69. The molecule has 26 heavy (non-hydrogen) atoms. The van der Waals surface area contributed by atoms with Gasteiger partial charge in [0.15, 0.2) is 0 Å². The maximum atomic E-state index is 12.4. The molecular formula is C19H30N2O5. The highest BCUT2D eigenvalue weighted by molar-refractivity contribution is 5.84. The third-order valence-corrected chi connectivity index (χ3v) is 4.40. The van der Waals surface area contributed by atoms with Crippen LogP contribution in [0.2, 0.25) is 0 Å². The molecule has 0 aromatic carbocycles. The van der Waals surface area contributed by atoms with Gasteiger partial charge in [0.05, 0.1) is 19.3 Å². The fourth-order valence-electron chi connectivity index (χ4n) is 2.88. The molecule has 1 amide bonds. The first kappa shape index (κ1) is 21.9. The van der Waals surface area contributed by atoms with Crippen molar-refractivity contribution in [1.82, 2.24) is 9.88 Å². The van der Waals surface area contributed by atoms with Crippen molar-refractivity contribution in [2.75, 3.05) is 7.11 Å². The Labute approximate surface area is 154 Å². The number of aliphatic hydroxyl groups is 1. The monoisotopic (exact) mass is 366 g/mol. The maximum Gasteiger partial charge on any atom is 0.328 e. The number of Topliss-reactive ketones (excluding diaryl/α,β-unsaturated/α-hetero) is 1. The normalized spacial score (nSPS) is 15.2. The van der Waals surface area contributed by atoms with Crippen LogP contribution < -0.4 is 0 Å². The average molecular weight is 366 g/mol. The van der Waals surface area contributed by atoms with Crippen LogP contribution in [0.3, 0.4) is 0 Å². The molecule has 2 unspecified atom stereocenters. The minimum atomic E-state index is -1.16. The van der Waals surface area contributed by atoms with E-state index in [1.807, 2.05) is 0 Å². The van der Waals surface area contributed by atoms with Crippen LogP contribution in [0, 0.1) is 11.3 Å².